The number of hydrogen-bond acceptors (Lipinski definition) is 9. The van der Waals surface area contributed by atoms with Crippen molar-refractivity contribution in [3.8, 4) is 0 Å². The average Bonchev–Trinajstić information content (AvgIpc) is 3.53. The van der Waals surface area contributed by atoms with Gasteiger partial charge < -0.3 is 14.8 Å². The van der Waals surface area contributed by atoms with E-state index in [0.29, 0.717) is 45.2 Å². The first-order valence-corrected chi connectivity index (χ1v) is 11.5. The maximum Gasteiger partial charge on any atom is 0.262 e. The predicted molar refractivity (Wildman–Crippen MR) is 123 cm³/mol. The minimum atomic E-state index is -0.959. The highest BCUT2D eigenvalue weighted by Gasteiger charge is 2.25. The molecule has 0 saturated carbocycles. The highest BCUT2D eigenvalue weighted by molar-refractivity contribution is 7.20. The lowest BCUT2D eigenvalue weighted by atomic mass is 10.1. The molecule has 1 aromatic carbocycles. The van der Waals surface area contributed by atoms with Crippen molar-refractivity contribution in [2.24, 2.45) is 0 Å². The molecule has 2 N–H and O–H groups in total. The molecule has 0 unspecified atom stereocenters. The van der Waals surface area contributed by atoms with E-state index < -0.39 is 6.10 Å². The number of amides is 1. The van der Waals surface area contributed by atoms with E-state index in [1.807, 2.05) is 25.1 Å². The second-order valence-electron chi connectivity index (χ2n) is 8.24. The summed E-state index contributed by atoms with van der Waals surface area (Å²) in [5.41, 5.74) is 2.30. The normalized spacial score (nSPS) is 14.5. The summed E-state index contributed by atoms with van der Waals surface area (Å²) in [6, 6.07) is 7.60. The molecule has 11 nitrogen and oxygen atoms in total. The van der Waals surface area contributed by atoms with Crippen LogP contribution in [0.15, 0.2) is 39.8 Å². The molecule has 12 heteroatoms. The molecule has 0 aliphatic carbocycles. The summed E-state index contributed by atoms with van der Waals surface area (Å²) in [6.07, 6.45) is 1.06. The van der Waals surface area contributed by atoms with Gasteiger partial charge in [-0.25, -0.2) is 4.98 Å². The Labute approximate surface area is 195 Å². The highest BCUT2D eigenvalue weighted by atomic mass is 32.1. The van der Waals surface area contributed by atoms with E-state index in [-0.39, 0.29) is 24.6 Å². The van der Waals surface area contributed by atoms with Gasteiger partial charge in [0, 0.05) is 11.9 Å². The lowest BCUT2D eigenvalue weighted by Crippen LogP contribution is -2.31. The summed E-state index contributed by atoms with van der Waals surface area (Å²) in [4.78, 5) is 31.9. The quantitative estimate of drug-likeness (QED) is 0.389. The van der Waals surface area contributed by atoms with Crippen molar-refractivity contribution < 1.29 is 14.3 Å². The number of fused-ring (bicyclic) bond motifs is 4. The predicted octanol–water partition coefficient (Wildman–Crippen LogP) is 1.57. The number of tetrazole rings is 1. The monoisotopic (exact) mass is 477 g/mol. The van der Waals surface area contributed by atoms with Gasteiger partial charge in [-0.1, -0.05) is 11.6 Å². The molecule has 6 rings (SSSR count). The SMILES string of the molecule is Cc1ccc2oc([C@@H](O)Cn3nnc(Cn4cnc5sc6c(c5c4=O)CCNC6=O)n3)cc2c1. The number of carbonyl (C=O) groups excluding carboxylic acids is 1. The fraction of sp³-hybridized carbons (Fsp3) is 0.273. The van der Waals surface area contributed by atoms with Gasteiger partial charge in [0.05, 0.1) is 29.7 Å². The van der Waals surface area contributed by atoms with Gasteiger partial charge in [0.2, 0.25) is 0 Å². The molecule has 1 aliphatic rings. The molecule has 0 spiro atoms. The summed E-state index contributed by atoms with van der Waals surface area (Å²) in [7, 11) is 0. The first kappa shape index (κ1) is 20.7. The van der Waals surface area contributed by atoms with Gasteiger partial charge in [-0.3, -0.25) is 14.2 Å². The van der Waals surface area contributed by atoms with Crippen molar-refractivity contribution in [2.75, 3.05) is 6.54 Å². The number of nitrogens with one attached hydrogen (secondary N) is 1. The summed E-state index contributed by atoms with van der Waals surface area (Å²) >= 11 is 1.23. The molecule has 4 aromatic heterocycles. The number of nitrogens with zero attached hydrogens (tertiary/aromatic N) is 6. The minimum Gasteiger partial charge on any atom is -0.458 e. The highest BCUT2D eigenvalue weighted by Crippen LogP contribution is 2.29. The summed E-state index contributed by atoms with van der Waals surface area (Å²) < 4.78 is 7.14. The van der Waals surface area contributed by atoms with Crippen LogP contribution in [-0.4, -0.2) is 47.3 Å². The van der Waals surface area contributed by atoms with Crippen LogP contribution in [0.25, 0.3) is 21.2 Å². The van der Waals surface area contributed by atoms with Gasteiger partial charge in [-0.15, -0.1) is 21.5 Å². The fourth-order valence-electron chi connectivity index (χ4n) is 4.16. The Bertz CT molecular complexity index is 1630. The van der Waals surface area contributed by atoms with Crippen molar-refractivity contribution >= 4 is 38.4 Å². The Morgan fingerprint density at radius 2 is 2.18 bits per heavy atom. The Morgan fingerprint density at radius 1 is 1.29 bits per heavy atom. The van der Waals surface area contributed by atoms with Crippen LogP contribution in [0.3, 0.4) is 0 Å². The number of thiophene rings is 1. The second kappa shape index (κ2) is 7.85. The second-order valence-corrected chi connectivity index (χ2v) is 9.24. The molecule has 172 valence electrons. The van der Waals surface area contributed by atoms with Gasteiger partial charge in [-0.2, -0.15) is 4.80 Å². The summed E-state index contributed by atoms with van der Waals surface area (Å²) in [6.45, 7) is 2.60. The van der Waals surface area contributed by atoms with Crippen molar-refractivity contribution in [3.05, 3.63) is 68.5 Å². The molecule has 5 heterocycles. The third kappa shape index (κ3) is 3.47. The molecule has 5 aromatic rings. The first-order chi connectivity index (χ1) is 16.5. The summed E-state index contributed by atoms with van der Waals surface area (Å²) in [5.74, 6) is 0.548. The number of hydrogen-bond donors (Lipinski definition) is 2. The number of furan rings is 1. The molecule has 0 saturated heterocycles. The van der Waals surface area contributed by atoms with E-state index in [4.69, 9.17) is 4.42 Å². The number of benzene rings is 1. The van der Waals surface area contributed by atoms with Gasteiger partial charge >= 0.3 is 0 Å². The average molecular weight is 478 g/mol. The third-order valence-corrected chi connectivity index (χ3v) is 6.94. The minimum absolute atomic E-state index is 0.0468. The fourth-order valence-corrected chi connectivity index (χ4v) is 5.26. The third-order valence-electron chi connectivity index (χ3n) is 5.81. The van der Waals surface area contributed by atoms with Crippen molar-refractivity contribution in [3.63, 3.8) is 0 Å². The van der Waals surface area contributed by atoms with E-state index in [1.54, 1.807) is 6.07 Å². The number of carbonyl (C=O) groups is 1. The number of aliphatic hydroxyl groups excluding tert-OH is 1. The molecule has 34 heavy (non-hydrogen) atoms. The van der Waals surface area contributed by atoms with E-state index in [9.17, 15) is 14.7 Å². The lowest BCUT2D eigenvalue weighted by Gasteiger charge is -2.11. The maximum absolute atomic E-state index is 13.1. The van der Waals surface area contributed by atoms with Crippen LogP contribution in [-0.2, 0) is 19.5 Å². The van der Waals surface area contributed by atoms with Crippen LogP contribution >= 0.6 is 11.3 Å². The maximum atomic E-state index is 13.1. The molecule has 1 atom stereocenters. The van der Waals surface area contributed by atoms with Crippen LogP contribution in [0.4, 0.5) is 0 Å². The molecular formula is C22H19N7O4S. The lowest BCUT2D eigenvalue weighted by molar-refractivity contribution is 0.0950. The van der Waals surface area contributed by atoms with Crippen molar-refractivity contribution in [1.82, 2.24) is 35.1 Å². The topological polar surface area (TPSA) is 141 Å². The molecule has 0 bridgehead atoms. The van der Waals surface area contributed by atoms with Crippen LogP contribution in [0.1, 0.15) is 38.5 Å². The largest absolute Gasteiger partial charge is 0.458 e. The first-order valence-electron chi connectivity index (χ1n) is 10.7. The van der Waals surface area contributed by atoms with E-state index in [1.165, 1.54) is 27.0 Å². The van der Waals surface area contributed by atoms with Gasteiger partial charge in [0.25, 0.3) is 11.5 Å². The van der Waals surface area contributed by atoms with E-state index in [2.05, 4.69) is 25.7 Å². The molecular weight excluding hydrogens is 458 g/mol. The standard InChI is InChI=1S/C22H19N7O4S/c1-11-2-3-15-12(6-11)7-16(33-15)14(30)8-29-26-17(25-27-29)9-28-10-24-21-18(22(28)32)13-4-5-23-20(31)19(13)34-21/h2-3,6-7,10,14,30H,4-5,8-9H2,1H3,(H,23,31)/t14-/m0/s1. The number of aliphatic hydroxyl groups is 1. The van der Waals surface area contributed by atoms with Crippen LogP contribution in [0, 0.1) is 6.92 Å². The molecule has 0 fully saturated rings. The van der Waals surface area contributed by atoms with Crippen LogP contribution in [0.2, 0.25) is 0 Å². The Hall–Kier alpha value is -3.90. The molecule has 1 aliphatic heterocycles. The van der Waals surface area contributed by atoms with Gasteiger partial charge in [0.15, 0.2) is 5.82 Å². The van der Waals surface area contributed by atoms with Gasteiger partial charge in [-0.05, 0) is 42.3 Å². The Balaban J connectivity index is 1.23. The van der Waals surface area contributed by atoms with Crippen LogP contribution < -0.4 is 10.9 Å². The zero-order valence-corrected chi connectivity index (χ0v) is 18.9. The zero-order valence-electron chi connectivity index (χ0n) is 18.1. The van der Waals surface area contributed by atoms with Crippen molar-refractivity contribution in [1.29, 1.82) is 0 Å². The van der Waals surface area contributed by atoms with E-state index in [0.717, 1.165) is 16.5 Å². The number of aromatic nitrogens is 6. The van der Waals surface area contributed by atoms with E-state index >= 15 is 0 Å². The Morgan fingerprint density at radius 3 is 3.06 bits per heavy atom. The smallest absolute Gasteiger partial charge is 0.262 e. The zero-order chi connectivity index (χ0) is 23.4. The van der Waals surface area contributed by atoms with Gasteiger partial charge in [0.1, 0.15) is 22.3 Å². The number of rotatable bonds is 5. The van der Waals surface area contributed by atoms with Crippen LogP contribution in [0.5, 0.6) is 0 Å². The molecule has 0 radical (unpaired) electrons. The Kier molecular flexibility index (Phi) is 4.78. The van der Waals surface area contributed by atoms with Crippen molar-refractivity contribution in [2.45, 2.75) is 32.5 Å². The summed E-state index contributed by atoms with van der Waals surface area (Å²) in [5, 5.41) is 27.1. The number of aryl methyl sites for hydroxylation is 1. The molecule has 1 amide bonds.